The predicted octanol–water partition coefficient (Wildman–Crippen LogP) is -0.127. The predicted molar refractivity (Wildman–Crippen MR) is 44.2 cm³/mol. The van der Waals surface area contributed by atoms with Gasteiger partial charge < -0.3 is 10.6 Å². The number of hydrogen-bond donors (Lipinski definition) is 1. The van der Waals surface area contributed by atoms with Gasteiger partial charge in [-0.25, -0.2) is 0 Å². The van der Waals surface area contributed by atoms with Gasteiger partial charge in [0, 0.05) is 13.0 Å². The molecule has 1 heterocycles. The lowest BCUT2D eigenvalue weighted by atomic mass is 10.2. The van der Waals surface area contributed by atoms with Crippen molar-refractivity contribution in [2.45, 2.75) is 32.2 Å². The molecule has 0 aromatic heterocycles. The second-order valence-corrected chi connectivity index (χ2v) is 3.04. The average Bonchev–Trinajstić information content (AvgIpc) is 2.34. The van der Waals surface area contributed by atoms with Crippen LogP contribution in [0.25, 0.3) is 0 Å². The Morgan fingerprint density at radius 1 is 1.75 bits per heavy atom. The first-order chi connectivity index (χ1) is 5.66. The molecule has 0 saturated carbocycles. The van der Waals surface area contributed by atoms with Gasteiger partial charge in [-0.3, -0.25) is 9.59 Å². The Morgan fingerprint density at radius 3 is 2.92 bits per heavy atom. The molecule has 1 aliphatic heterocycles. The van der Waals surface area contributed by atoms with Crippen LogP contribution in [0, 0.1) is 0 Å². The highest BCUT2D eigenvalue weighted by Gasteiger charge is 2.33. The molecule has 0 aromatic carbocycles. The molecule has 0 unspecified atom stereocenters. The van der Waals surface area contributed by atoms with Crippen LogP contribution in [0.15, 0.2) is 0 Å². The van der Waals surface area contributed by atoms with Crippen LogP contribution in [0.4, 0.5) is 0 Å². The number of rotatable bonds is 3. The summed E-state index contributed by atoms with van der Waals surface area (Å²) in [4.78, 5) is 23.6. The van der Waals surface area contributed by atoms with Crippen molar-refractivity contribution >= 4 is 11.8 Å². The number of primary amides is 1. The van der Waals surface area contributed by atoms with Gasteiger partial charge in [-0.1, -0.05) is 6.92 Å². The van der Waals surface area contributed by atoms with Gasteiger partial charge in [0.1, 0.15) is 6.04 Å². The molecule has 1 rings (SSSR count). The van der Waals surface area contributed by atoms with E-state index in [0.717, 1.165) is 6.42 Å². The van der Waals surface area contributed by atoms with Crippen molar-refractivity contribution in [2.24, 2.45) is 5.73 Å². The summed E-state index contributed by atoms with van der Waals surface area (Å²) in [6.07, 6.45) is 1.93. The minimum Gasteiger partial charge on any atom is -0.368 e. The third kappa shape index (κ3) is 1.57. The molecule has 4 heteroatoms. The van der Waals surface area contributed by atoms with E-state index in [0.29, 0.717) is 19.4 Å². The van der Waals surface area contributed by atoms with E-state index >= 15 is 0 Å². The van der Waals surface area contributed by atoms with Crippen molar-refractivity contribution in [2.75, 3.05) is 6.54 Å². The van der Waals surface area contributed by atoms with Crippen LogP contribution < -0.4 is 5.73 Å². The smallest absolute Gasteiger partial charge is 0.240 e. The molecule has 0 bridgehead atoms. The van der Waals surface area contributed by atoms with Crippen LogP contribution >= 0.6 is 0 Å². The molecule has 68 valence electrons. The molecule has 0 radical (unpaired) electrons. The van der Waals surface area contributed by atoms with E-state index in [1.165, 1.54) is 0 Å². The van der Waals surface area contributed by atoms with Crippen LogP contribution in [0.1, 0.15) is 26.2 Å². The van der Waals surface area contributed by atoms with Gasteiger partial charge in [0.15, 0.2) is 0 Å². The van der Waals surface area contributed by atoms with Crippen LogP contribution in [0.3, 0.4) is 0 Å². The van der Waals surface area contributed by atoms with Crippen LogP contribution in [0.2, 0.25) is 0 Å². The van der Waals surface area contributed by atoms with Crippen LogP contribution in [-0.2, 0) is 9.59 Å². The summed E-state index contributed by atoms with van der Waals surface area (Å²) in [6, 6.07) is -0.350. The maximum absolute atomic E-state index is 11.2. The first-order valence-electron chi connectivity index (χ1n) is 4.25. The minimum atomic E-state index is -0.380. The van der Waals surface area contributed by atoms with Crippen molar-refractivity contribution in [3.8, 4) is 0 Å². The topological polar surface area (TPSA) is 63.4 Å². The minimum absolute atomic E-state index is 0.0562. The van der Waals surface area contributed by atoms with E-state index in [1.54, 1.807) is 4.90 Å². The van der Waals surface area contributed by atoms with Crippen molar-refractivity contribution in [3.63, 3.8) is 0 Å². The first kappa shape index (κ1) is 9.03. The summed E-state index contributed by atoms with van der Waals surface area (Å²) < 4.78 is 0. The second-order valence-electron chi connectivity index (χ2n) is 3.04. The number of nitrogens with zero attached hydrogens (tertiary/aromatic N) is 1. The van der Waals surface area contributed by atoms with E-state index < -0.39 is 0 Å². The number of likely N-dealkylation sites (tertiary alicyclic amines) is 1. The summed E-state index contributed by atoms with van der Waals surface area (Å²) in [5, 5.41) is 0. The number of amides is 2. The number of carbonyl (C=O) groups excluding carboxylic acids is 2. The molecule has 1 aliphatic rings. The molecule has 1 fully saturated rings. The second kappa shape index (κ2) is 3.56. The maximum Gasteiger partial charge on any atom is 0.240 e. The Balaban J connectivity index is 2.63. The molecule has 0 aliphatic carbocycles. The summed E-state index contributed by atoms with van der Waals surface area (Å²) in [5.74, 6) is -0.324. The highest BCUT2D eigenvalue weighted by molar-refractivity contribution is 5.89. The summed E-state index contributed by atoms with van der Waals surface area (Å²) in [7, 11) is 0. The lowest BCUT2D eigenvalue weighted by Gasteiger charge is -2.21. The Hall–Kier alpha value is -1.06. The normalized spacial score (nSPS) is 23.2. The van der Waals surface area contributed by atoms with Gasteiger partial charge in [0.2, 0.25) is 11.8 Å². The zero-order valence-corrected chi connectivity index (χ0v) is 7.25. The standard InChI is InChI=1S/C8H14N2O2/c1-2-5-10-6(8(9)12)3-4-7(10)11/h6H,2-5H2,1H3,(H2,9,12)/t6-/m0/s1. The molecule has 4 nitrogen and oxygen atoms in total. The molecule has 2 amide bonds. The highest BCUT2D eigenvalue weighted by atomic mass is 16.2. The third-order valence-electron chi connectivity index (χ3n) is 2.12. The van der Waals surface area contributed by atoms with Gasteiger partial charge >= 0.3 is 0 Å². The molecular formula is C8H14N2O2. The molecule has 0 spiro atoms. The SMILES string of the molecule is CCCN1C(=O)CC[C@H]1C(N)=O. The Morgan fingerprint density at radius 2 is 2.42 bits per heavy atom. The summed E-state index contributed by atoms with van der Waals surface area (Å²) >= 11 is 0. The third-order valence-corrected chi connectivity index (χ3v) is 2.12. The van der Waals surface area contributed by atoms with Gasteiger partial charge in [-0.2, -0.15) is 0 Å². The molecule has 1 saturated heterocycles. The highest BCUT2D eigenvalue weighted by Crippen LogP contribution is 2.18. The Kier molecular flexibility index (Phi) is 2.68. The number of hydrogen-bond acceptors (Lipinski definition) is 2. The fraction of sp³-hybridized carbons (Fsp3) is 0.750. The zero-order chi connectivity index (χ0) is 9.14. The average molecular weight is 170 g/mol. The first-order valence-corrected chi connectivity index (χ1v) is 4.25. The molecule has 12 heavy (non-hydrogen) atoms. The Labute approximate surface area is 71.7 Å². The van der Waals surface area contributed by atoms with Gasteiger partial charge in [0.25, 0.3) is 0 Å². The van der Waals surface area contributed by atoms with Gasteiger partial charge in [0.05, 0.1) is 0 Å². The van der Waals surface area contributed by atoms with Crippen LogP contribution in [0.5, 0.6) is 0 Å². The molecule has 2 N–H and O–H groups in total. The lowest BCUT2D eigenvalue weighted by Crippen LogP contribution is -2.42. The van der Waals surface area contributed by atoms with E-state index in [-0.39, 0.29) is 17.9 Å². The van der Waals surface area contributed by atoms with Gasteiger partial charge in [-0.05, 0) is 12.8 Å². The fourth-order valence-corrected chi connectivity index (χ4v) is 1.55. The number of nitrogens with two attached hydrogens (primary N) is 1. The van der Waals surface area contributed by atoms with E-state index in [2.05, 4.69) is 0 Å². The lowest BCUT2D eigenvalue weighted by molar-refractivity contribution is -0.133. The number of carbonyl (C=O) groups is 2. The van der Waals surface area contributed by atoms with Crippen molar-refractivity contribution in [1.29, 1.82) is 0 Å². The summed E-state index contributed by atoms with van der Waals surface area (Å²) in [5.41, 5.74) is 5.15. The largest absolute Gasteiger partial charge is 0.368 e. The van der Waals surface area contributed by atoms with E-state index in [9.17, 15) is 9.59 Å². The van der Waals surface area contributed by atoms with Crippen molar-refractivity contribution < 1.29 is 9.59 Å². The molecule has 1 atom stereocenters. The van der Waals surface area contributed by atoms with Crippen LogP contribution in [-0.4, -0.2) is 29.3 Å². The Bertz CT molecular complexity index is 203. The molecular weight excluding hydrogens is 156 g/mol. The van der Waals surface area contributed by atoms with E-state index in [4.69, 9.17) is 5.73 Å². The van der Waals surface area contributed by atoms with Gasteiger partial charge in [-0.15, -0.1) is 0 Å². The van der Waals surface area contributed by atoms with Crippen molar-refractivity contribution in [3.05, 3.63) is 0 Å². The summed E-state index contributed by atoms with van der Waals surface area (Å²) in [6.45, 7) is 2.62. The fourth-order valence-electron chi connectivity index (χ4n) is 1.55. The quantitative estimate of drug-likeness (QED) is 0.641. The monoisotopic (exact) mass is 170 g/mol. The van der Waals surface area contributed by atoms with E-state index in [1.807, 2.05) is 6.92 Å². The molecule has 0 aromatic rings. The zero-order valence-electron chi connectivity index (χ0n) is 7.25. The van der Waals surface area contributed by atoms with Crippen molar-refractivity contribution in [1.82, 2.24) is 4.90 Å². The maximum atomic E-state index is 11.2.